The van der Waals surface area contributed by atoms with Crippen LogP contribution >= 0.6 is 0 Å². The topological polar surface area (TPSA) is 136 Å². The second kappa shape index (κ2) is 12.9. The fraction of sp³-hybridized carbons (Fsp3) is 0.250. The van der Waals surface area contributed by atoms with Crippen LogP contribution in [0.25, 0.3) is 0 Å². The van der Waals surface area contributed by atoms with E-state index in [1.165, 1.54) is 35.6 Å². The van der Waals surface area contributed by atoms with E-state index in [1.807, 2.05) is 24.3 Å². The first kappa shape index (κ1) is 29.1. The Balaban J connectivity index is 1.55. The van der Waals surface area contributed by atoms with Gasteiger partial charge in [-0.3, -0.25) is 9.69 Å². The van der Waals surface area contributed by atoms with Gasteiger partial charge in [-0.25, -0.2) is 10.3 Å². The van der Waals surface area contributed by atoms with Crippen LogP contribution in [-0.2, 0) is 6.54 Å². The molecule has 0 aromatic heterocycles. The average molecular weight is 568 g/mol. The van der Waals surface area contributed by atoms with Crippen molar-refractivity contribution in [2.45, 2.75) is 32.2 Å². The van der Waals surface area contributed by atoms with Crippen molar-refractivity contribution in [1.82, 2.24) is 0 Å². The van der Waals surface area contributed by atoms with Crippen molar-refractivity contribution in [2.75, 3.05) is 28.2 Å². The minimum atomic E-state index is -4.82. The summed E-state index contributed by atoms with van der Waals surface area (Å²) >= 11 is 0. The molecule has 3 aromatic carbocycles. The number of rotatable bonds is 7. The van der Waals surface area contributed by atoms with Gasteiger partial charge >= 0.3 is 12.4 Å². The number of hydrogen-bond acceptors (Lipinski definition) is 5. The van der Waals surface area contributed by atoms with Crippen LogP contribution in [0, 0.1) is 5.53 Å². The third kappa shape index (κ3) is 8.27. The summed E-state index contributed by atoms with van der Waals surface area (Å²) in [4.78, 5) is 32.9. The van der Waals surface area contributed by atoms with Crippen LogP contribution in [-0.4, -0.2) is 37.3 Å². The molecule has 0 bridgehead atoms. The smallest absolute Gasteiger partial charge is 0.406 e. The molecule has 13 heteroatoms. The maximum atomic E-state index is 13.4. The van der Waals surface area contributed by atoms with E-state index in [-0.39, 0.29) is 17.8 Å². The number of carbonyl (C=O) groups is 2. The van der Waals surface area contributed by atoms with E-state index in [0.717, 1.165) is 43.8 Å². The second-order valence-corrected chi connectivity index (χ2v) is 9.24. The van der Waals surface area contributed by atoms with Crippen molar-refractivity contribution >= 4 is 35.0 Å². The number of carbonyl (C=O) groups excluding carboxylic acids is 2. The summed E-state index contributed by atoms with van der Waals surface area (Å²) in [5, 5.41) is 5.61. The number of nitrogens with one attached hydrogen (secondary N) is 2. The minimum absolute atomic E-state index is 0.117. The van der Waals surface area contributed by atoms with Crippen LogP contribution in [0.4, 0.5) is 35.0 Å². The van der Waals surface area contributed by atoms with E-state index in [4.69, 9.17) is 11.3 Å². The van der Waals surface area contributed by atoms with E-state index in [2.05, 4.69) is 25.1 Å². The first-order valence-electron chi connectivity index (χ1n) is 12.8. The first-order valence-corrected chi connectivity index (χ1v) is 12.8. The van der Waals surface area contributed by atoms with Crippen molar-refractivity contribution in [3.8, 4) is 5.75 Å². The van der Waals surface area contributed by atoms with E-state index in [9.17, 15) is 22.8 Å². The summed E-state index contributed by atoms with van der Waals surface area (Å²) in [7, 11) is 0. The quantitative estimate of drug-likeness (QED) is 0.175. The summed E-state index contributed by atoms with van der Waals surface area (Å²) in [6.07, 6.45) is -1.37. The Kier molecular flexibility index (Phi) is 9.17. The number of benzene rings is 3. The van der Waals surface area contributed by atoms with E-state index < -0.39 is 30.0 Å². The SMILES string of the molecule is N=NC(N)=NC(=O)c1ccc(CN(C(=O)Nc2ccc(OC(F)(F)F)cc2)c2ccc(N3CCCCC3)cc2)cc1. The summed E-state index contributed by atoms with van der Waals surface area (Å²) in [5.41, 5.74) is 15.0. The highest BCUT2D eigenvalue weighted by atomic mass is 19.4. The summed E-state index contributed by atoms with van der Waals surface area (Å²) in [6.45, 7) is 2.05. The van der Waals surface area contributed by atoms with E-state index in [1.54, 1.807) is 12.1 Å². The van der Waals surface area contributed by atoms with Gasteiger partial charge in [0.25, 0.3) is 5.91 Å². The molecule has 10 nitrogen and oxygen atoms in total. The van der Waals surface area contributed by atoms with Gasteiger partial charge in [0, 0.05) is 35.7 Å². The number of nitrogens with zero attached hydrogens (tertiary/aromatic N) is 4. The molecule has 1 heterocycles. The predicted octanol–water partition coefficient (Wildman–Crippen LogP) is 6.30. The van der Waals surface area contributed by atoms with Gasteiger partial charge in [-0.2, -0.15) is 4.99 Å². The molecular weight excluding hydrogens is 539 g/mol. The molecule has 1 aliphatic heterocycles. The molecule has 41 heavy (non-hydrogen) atoms. The number of guanidine groups is 1. The lowest BCUT2D eigenvalue weighted by atomic mass is 10.1. The Labute approximate surface area is 234 Å². The molecule has 1 fully saturated rings. The van der Waals surface area contributed by atoms with Gasteiger partial charge in [0.15, 0.2) is 0 Å². The third-order valence-corrected chi connectivity index (χ3v) is 6.34. The van der Waals surface area contributed by atoms with Crippen molar-refractivity contribution in [3.63, 3.8) is 0 Å². The summed E-state index contributed by atoms with van der Waals surface area (Å²) < 4.78 is 41.4. The van der Waals surface area contributed by atoms with Gasteiger partial charge in [-0.15, -0.1) is 18.3 Å². The number of anilines is 3. The Hall–Kier alpha value is -4.94. The maximum absolute atomic E-state index is 13.4. The molecule has 4 rings (SSSR count). The van der Waals surface area contributed by atoms with Crippen molar-refractivity contribution in [3.05, 3.63) is 83.9 Å². The molecular formula is C28H28F3N7O3. The number of nitrogens with two attached hydrogens (primary N) is 1. The standard InChI is InChI=1S/C28H28F3N7O3/c29-28(30,31)41-24-14-8-21(9-15-24)34-27(40)38(23-12-10-22(11-13-23)37-16-2-1-3-17-37)18-19-4-6-20(7-5-19)25(39)35-26(32)36-33/h4-15,33H,1-3,16-18H2,(H,34,40)(H2,32,35,39). The maximum Gasteiger partial charge on any atom is 0.573 e. The van der Waals surface area contributed by atoms with Crippen LogP contribution in [0.15, 0.2) is 82.9 Å². The molecule has 3 aromatic rings. The van der Waals surface area contributed by atoms with Crippen molar-refractivity contribution in [1.29, 1.82) is 5.53 Å². The number of urea groups is 1. The monoisotopic (exact) mass is 567 g/mol. The lowest BCUT2D eigenvalue weighted by molar-refractivity contribution is -0.274. The van der Waals surface area contributed by atoms with Crippen molar-refractivity contribution in [2.24, 2.45) is 15.8 Å². The zero-order valence-electron chi connectivity index (χ0n) is 21.9. The predicted molar refractivity (Wildman–Crippen MR) is 148 cm³/mol. The van der Waals surface area contributed by atoms with Gasteiger partial charge in [0.2, 0.25) is 5.96 Å². The van der Waals surface area contributed by atoms with Crippen LogP contribution < -0.4 is 25.6 Å². The lowest BCUT2D eigenvalue weighted by Gasteiger charge is -2.29. The molecule has 0 saturated carbocycles. The van der Waals surface area contributed by atoms with E-state index >= 15 is 0 Å². The fourth-order valence-electron chi connectivity index (χ4n) is 4.34. The van der Waals surface area contributed by atoms with E-state index in [0.29, 0.717) is 11.3 Å². The van der Waals surface area contributed by atoms with Crippen molar-refractivity contribution < 1.29 is 27.5 Å². The summed E-state index contributed by atoms with van der Waals surface area (Å²) in [5.74, 6) is -1.53. The number of halogens is 3. The molecule has 214 valence electrons. The molecule has 0 unspecified atom stereocenters. The lowest BCUT2D eigenvalue weighted by Crippen LogP contribution is -2.34. The zero-order valence-corrected chi connectivity index (χ0v) is 21.9. The van der Waals surface area contributed by atoms with Gasteiger partial charge in [-0.05, 0) is 85.5 Å². The molecule has 3 amide bonds. The third-order valence-electron chi connectivity index (χ3n) is 6.34. The van der Waals surface area contributed by atoms with Gasteiger partial charge in [0.1, 0.15) is 5.75 Å². The minimum Gasteiger partial charge on any atom is -0.406 e. The van der Waals surface area contributed by atoms with Gasteiger partial charge in [0.05, 0.1) is 6.54 Å². The molecule has 4 N–H and O–H groups in total. The number of amides is 3. The van der Waals surface area contributed by atoms with Crippen LogP contribution in [0.5, 0.6) is 5.75 Å². The van der Waals surface area contributed by atoms with Gasteiger partial charge in [-0.1, -0.05) is 12.1 Å². The van der Waals surface area contributed by atoms with Gasteiger partial charge < -0.3 is 20.7 Å². The number of piperidine rings is 1. The Morgan fingerprint density at radius 1 is 0.951 bits per heavy atom. The molecule has 1 saturated heterocycles. The highest BCUT2D eigenvalue weighted by molar-refractivity contribution is 6.03. The number of ether oxygens (including phenoxy) is 1. The Morgan fingerprint density at radius 2 is 1.59 bits per heavy atom. The zero-order chi connectivity index (χ0) is 29.4. The Bertz CT molecular complexity index is 1390. The van der Waals surface area contributed by atoms with Crippen LogP contribution in [0.3, 0.4) is 0 Å². The summed E-state index contributed by atoms with van der Waals surface area (Å²) in [6, 6.07) is 18.3. The first-order chi connectivity index (χ1) is 19.6. The van der Waals surface area contributed by atoms with Crippen LogP contribution in [0.1, 0.15) is 35.2 Å². The second-order valence-electron chi connectivity index (χ2n) is 9.24. The molecule has 0 aliphatic carbocycles. The highest BCUT2D eigenvalue weighted by Gasteiger charge is 2.31. The molecule has 0 atom stereocenters. The average Bonchev–Trinajstić information content (AvgIpc) is 2.97. The normalized spacial score (nSPS) is 13.8. The number of hydrogen-bond donors (Lipinski definition) is 3. The Morgan fingerprint density at radius 3 is 2.17 bits per heavy atom. The largest absolute Gasteiger partial charge is 0.573 e. The molecule has 1 aliphatic rings. The fourth-order valence-corrected chi connectivity index (χ4v) is 4.34. The molecule has 0 spiro atoms. The van der Waals surface area contributed by atoms with Crippen LogP contribution in [0.2, 0.25) is 0 Å². The number of aliphatic imine (C=N–C) groups is 1. The highest BCUT2D eigenvalue weighted by Crippen LogP contribution is 2.27. The number of alkyl halides is 3. The molecule has 0 radical (unpaired) electrons.